The monoisotopic (exact) mass is 174 g/mol. The molecule has 0 unspecified atom stereocenters. The van der Waals surface area contributed by atoms with Crippen LogP contribution in [0.15, 0.2) is 43.0 Å². The Morgan fingerprint density at radius 1 is 1.23 bits per heavy atom. The largest absolute Gasteiger partial charge is 0.507 e. The van der Waals surface area contributed by atoms with E-state index in [-0.39, 0.29) is 0 Å². The van der Waals surface area contributed by atoms with Crippen LogP contribution in [-0.4, -0.2) is 5.11 Å². The van der Waals surface area contributed by atoms with Crippen LogP contribution in [0.4, 0.5) is 0 Å². The van der Waals surface area contributed by atoms with Crippen LogP contribution in [0.5, 0.6) is 5.75 Å². The SMILES string of the molecule is C=CCCC=Cc1ccccc1O. The molecule has 0 amide bonds. The van der Waals surface area contributed by atoms with E-state index in [4.69, 9.17) is 0 Å². The molecule has 0 atom stereocenters. The first-order chi connectivity index (χ1) is 6.34. The summed E-state index contributed by atoms with van der Waals surface area (Å²) in [5, 5.41) is 9.40. The Morgan fingerprint density at radius 3 is 2.69 bits per heavy atom. The van der Waals surface area contributed by atoms with Gasteiger partial charge in [-0.3, -0.25) is 0 Å². The number of para-hydroxylation sites is 1. The van der Waals surface area contributed by atoms with Crippen molar-refractivity contribution in [1.29, 1.82) is 0 Å². The van der Waals surface area contributed by atoms with Crippen molar-refractivity contribution in [2.24, 2.45) is 0 Å². The molecule has 1 N–H and O–H groups in total. The first-order valence-corrected chi connectivity index (χ1v) is 4.40. The molecule has 0 aliphatic carbocycles. The number of hydrogen-bond donors (Lipinski definition) is 1. The minimum atomic E-state index is 0.331. The molecule has 0 heterocycles. The van der Waals surface area contributed by atoms with Crippen molar-refractivity contribution in [3.63, 3.8) is 0 Å². The average molecular weight is 174 g/mol. The third kappa shape index (κ3) is 3.16. The van der Waals surface area contributed by atoms with E-state index in [0.717, 1.165) is 18.4 Å². The van der Waals surface area contributed by atoms with Crippen LogP contribution >= 0.6 is 0 Å². The Morgan fingerprint density at radius 2 is 2.00 bits per heavy atom. The van der Waals surface area contributed by atoms with Gasteiger partial charge in [-0.1, -0.05) is 36.4 Å². The second-order valence-electron chi connectivity index (χ2n) is 2.83. The molecule has 0 aliphatic heterocycles. The summed E-state index contributed by atoms with van der Waals surface area (Å²) in [6, 6.07) is 7.30. The number of rotatable bonds is 4. The lowest BCUT2D eigenvalue weighted by Gasteiger charge is -1.96. The van der Waals surface area contributed by atoms with Gasteiger partial charge in [0, 0.05) is 5.56 Å². The van der Waals surface area contributed by atoms with E-state index in [9.17, 15) is 5.11 Å². The molecule has 0 aliphatic rings. The zero-order valence-corrected chi connectivity index (χ0v) is 7.61. The molecule has 1 rings (SSSR count). The minimum Gasteiger partial charge on any atom is -0.507 e. The number of allylic oxidation sites excluding steroid dienone is 2. The van der Waals surface area contributed by atoms with Gasteiger partial charge in [-0.05, 0) is 18.9 Å². The summed E-state index contributed by atoms with van der Waals surface area (Å²) in [7, 11) is 0. The standard InChI is InChI=1S/C12H14O/c1-2-3-4-5-8-11-9-6-7-10-12(11)13/h2,5-10,13H,1,3-4H2. The quantitative estimate of drug-likeness (QED) is 0.548. The average Bonchev–Trinajstić information content (AvgIpc) is 2.15. The van der Waals surface area contributed by atoms with Crippen molar-refractivity contribution < 1.29 is 5.11 Å². The van der Waals surface area contributed by atoms with Crippen LogP contribution in [0.2, 0.25) is 0 Å². The van der Waals surface area contributed by atoms with Gasteiger partial charge in [0.2, 0.25) is 0 Å². The molecule has 0 bridgehead atoms. The molecule has 0 spiro atoms. The minimum absolute atomic E-state index is 0.331. The lowest BCUT2D eigenvalue weighted by molar-refractivity contribution is 0.474. The Hall–Kier alpha value is -1.50. The maximum Gasteiger partial charge on any atom is 0.122 e. The molecule has 13 heavy (non-hydrogen) atoms. The summed E-state index contributed by atoms with van der Waals surface area (Å²) < 4.78 is 0. The van der Waals surface area contributed by atoms with Gasteiger partial charge in [-0.2, -0.15) is 0 Å². The molecule has 1 aromatic carbocycles. The third-order valence-corrected chi connectivity index (χ3v) is 1.77. The Labute approximate surface area is 79.0 Å². The van der Waals surface area contributed by atoms with Gasteiger partial charge in [-0.15, -0.1) is 6.58 Å². The number of benzene rings is 1. The topological polar surface area (TPSA) is 20.2 Å². The zero-order valence-electron chi connectivity index (χ0n) is 7.61. The van der Waals surface area contributed by atoms with Crippen LogP contribution in [0.3, 0.4) is 0 Å². The normalized spacial score (nSPS) is 10.5. The Kier molecular flexibility index (Phi) is 3.83. The summed E-state index contributed by atoms with van der Waals surface area (Å²) in [5.41, 5.74) is 0.867. The van der Waals surface area contributed by atoms with E-state index in [1.54, 1.807) is 6.07 Å². The molecule has 0 saturated carbocycles. The van der Waals surface area contributed by atoms with E-state index in [1.807, 2.05) is 36.4 Å². The van der Waals surface area contributed by atoms with E-state index < -0.39 is 0 Å². The number of phenolic OH excluding ortho intramolecular Hbond substituents is 1. The molecular formula is C12H14O. The summed E-state index contributed by atoms with van der Waals surface area (Å²) in [6.07, 6.45) is 7.80. The fourth-order valence-corrected chi connectivity index (χ4v) is 1.05. The predicted octanol–water partition coefficient (Wildman–Crippen LogP) is 3.37. The van der Waals surface area contributed by atoms with Crippen LogP contribution in [0.1, 0.15) is 18.4 Å². The lowest BCUT2D eigenvalue weighted by Crippen LogP contribution is -1.72. The maximum atomic E-state index is 9.40. The molecule has 68 valence electrons. The molecule has 0 aromatic heterocycles. The van der Waals surface area contributed by atoms with Gasteiger partial charge in [0.25, 0.3) is 0 Å². The number of unbranched alkanes of at least 4 members (excludes halogenated alkanes) is 1. The Bertz CT molecular complexity index is 300. The van der Waals surface area contributed by atoms with Gasteiger partial charge in [0.05, 0.1) is 0 Å². The van der Waals surface area contributed by atoms with Crippen LogP contribution in [0, 0.1) is 0 Å². The van der Waals surface area contributed by atoms with E-state index >= 15 is 0 Å². The molecule has 1 heteroatoms. The van der Waals surface area contributed by atoms with E-state index in [2.05, 4.69) is 6.58 Å². The van der Waals surface area contributed by atoms with Crippen LogP contribution in [-0.2, 0) is 0 Å². The van der Waals surface area contributed by atoms with Crippen molar-refractivity contribution in [3.8, 4) is 5.75 Å². The first kappa shape index (κ1) is 9.59. The highest BCUT2D eigenvalue weighted by Gasteiger charge is 1.92. The van der Waals surface area contributed by atoms with E-state index in [0.29, 0.717) is 5.75 Å². The molecule has 1 aromatic rings. The van der Waals surface area contributed by atoms with Gasteiger partial charge >= 0.3 is 0 Å². The number of phenols is 1. The highest BCUT2D eigenvalue weighted by Crippen LogP contribution is 2.17. The Balaban J connectivity index is 2.58. The van der Waals surface area contributed by atoms with Crippen molar-refractivity contribution >= 4 is 6.08 Å². The fourth-order valence-electron chi connectivity index (χ4n) is 1.05. The number of aromatic hydroxyl groups is 1. The smallest absolute Gasteiger partial charge is 0.122 e. The molecular weight excluding hydrogens is 160 g/mol. The molecule has 0 radical (unpaired) electrons. The highest BCUT2D eigenvalue weighted by atomic mass is 16.3. The van der Waals surface area contributed by atoms with Gasteiger partial charge in [0.15, 0.2) is 0 Å². The summed E-state index contributed by atoms with van der Waals surface area (Å²) in [4.78, 5) is 0. The summed E-state index contributed by atoms with van der Waals surface area (Å²) in [5.74, 6) is 0.331. The predicted molar refractivity (Wildman–Crippen MR) is 56.6 cm³/mol. The molecule has 1 nitrogen and oxygen atoms in total. The van der Waals surface area contributed by atoms with Crippen molar-refractivity contribution in [3.05, 3.63) is 48.6 Å². The summed E-state index contributed by atoms with van der Waals surface area (Å²) in [6.45, 7) is 3.64. The van der Waals surface area contributed by atoms with Gasteiger partial charge in [-0.25, -0.2) is 0 Å². The number of hydrogen-bond acceptors (Lipinski definition) is 1. The van der Waals surface area contributed by atoms with Gasteiger partial charge < -0.3 is 5.11 Å². The first-order valence-electron chi connectivity index (χ1n) is 4.40. The molecule has 0 saturated heterocycles. The second-order valence-corrected chi connectivity index (χ2v) is 2.83. The highest BCUT2D eigenvalue weighted by molar-refractivity contribution is 5.56. The summed E-state index contributed by atoms with van der Waals surface area (Å²) >= 11 is 0. The van der Waals surface area contributed by atoms with Crippen molar-refractivity contribution in [1.82, 2.24) is 0 Å². The molecule has 0 fully saturated rings. The lowest BCUT2D eigenvalue weighted by atomic mass is 10.1. The van der Waals surface area contributed by atoms with Crippen molar-refractivity contribution in [2.75, 3.05) is 0 Å². The van der Waals surface area contributed by atoms with Gasteiger partial charge in [0.1, 0.15) is 5.75 Å². The van der Waals surface area contributed by atoms with Crippen LogP contribution < -0.4 is 0 Å². The van der Waals surface area contributed by atoms with Crippen LogP contribution in [0.25, 0.3) is 6.08 Å². The second kappa shape index (κ2) is 5.20. The third-order valence-electron chi connectivity index (χ3n) is 1.77. The maximum absolute atomic E-state index is 9.40. The van der Waals surface area contributed by atoms with E-state index in [1.165, 1.54) is 0 Å². The fraction of sp³-hybridized carbons (Fsp3) is 0.167. The van der Waals surface area contributed by atoms with Crippen molar-refractivity contribution in [2.45, 2.75) is 12.8 Å². The zero-order chi connectivity index (χ0) is 9.52.